The van der Waals surface area contributed by atoms with E-state index in [2.05, 4.69) is 15.6 Å². The Balaban J connectivity index is 1.83. The Kier molecular flexibility index (Phi) is 7.80. The van der Waals surface area contributed by atoms with Crippen LogP contribution in [0.15, 0.2) is 52.4 Å². The number of nitrogens with one attached hydrogen (secondary N) is 2. The van der Waals surface area contributed by atoms with Crippen LogP contribution < -0.4 is 15.4 Å². The molecular weight excluding hydrogens is 381 g/mol. The van der Waals surface area contributed by atoms with E-state index in [9.17, 15) is 12.8 Å². The van der Waals surface area contributed by atoms with E-state index < -0.39 is 15.7 Å². The van der Waals surface area contributed by atoms with Crippen molar-refractivity contribution in [1.82, 2.24) is 10.6 Å². The van der Waals surface area contributed by atoms with Crippen LogP contribution in [-0.4, -0.2) is 47.4 Å². The van der Waals surface area contributed by atoms with Gasteiger partial charge in [-0.15, -0.1) is 0 Å². The van der Waals surface area contributed by atoms with Crippen LogP contribution in [0.5, 0.6) is 5.75 Å². The monoisotopic (exact) mass is 407 g/mol. The Morgan fingerprint density at radius 3 is 2.54 bits per heavy atom. The van der Waals surface area contributed by atoms with Gasteiger partial charge in [-0.1, -0.05) is 24.3 Å². The minimum absolute atomic E-state index is 0.120. The summed E-state index contributed by atoms with van der Waals surface area (Å²) >= 11 is 0. The van der Waals surface area contributed by atoms with Gasteiger partial charge in [0.15, 0.2) is 15.8 Å². The number of sulfone groups is 1. The molecule has 0 spiro atoms. The van der Waals surface area contributed by atoms with Gasteiger partial charge in [0.1, 0.15) is 16.5 Å². The van der Waals surface area contributed by atoms with Crippen LogP contribution in [0.2, 0.25) is 0 Å². The number of nitrogens with zero attached hydrogens (tertiary/aromatic N) is 1. The quantitative estimate of drug-likeness (QED) is 0.519. The number of halogens is 1. The highest BCUT2D eigenvalue weighted by molar-refractivity contribution is 7.91. The van der Waals surface area contributed by atoms with Gasteiger partial charge >= 0.3 is 0 Å². The largest absolute Gasteiger partial charge is 0.496 e. The summed E-state index contributed by atoms with van der Waals surface area (Å²) in [6.07, 6.45) is 0.755. The van der Waals surface area contributed by atoms with E-state index >= 15 is 0 Å². The van der Waals surface area contributed by atoms with Crippen LogP contribution >= 0.6 is 0 Å². The number of hydrogen-bond donors (Lipinski definition) is 2. The fourth-order valence-corrected chi connectivity index (χ4v) is 3.92. The summed E-state index contributed by atoms with van der Waals surface area (Å²) in [7, 11) is -0.453. The number of aryl methyl sites for hydroxylation is 1. The molecule has 0 radical (unpaired) electrons. The summed E-state index contributed by atoms with van der Waals surface area (Å²) in [4.78, 5) is 3.79. The highest BCUT2D eigenvalue weighted by atomic mass is 32.2. The van der Waals surface area contributed by atoms with Gasteiger partial charge < -0.3 is 15.4 Å². The van der Waals surface area contributed by atoms with Crippen LogP contribution in [0.1, 0.15) is 11.1 Å². The van der Waals surface area contributed by atoms with E-state index in [1.165, 1.54) is 18.2 Å². The first-order chi connectivity index (χ1) is 13.4. The van der Waals surface area contributed by atoms with Gasteiger partial charge in [-0.2, -0.15) is 0 Å². The zero-order valence-electron chi connectivity index (χ0n) is 16.3. The third-order valence-electron chi connectivity index (χ3n) is 4.24. The van der Waals surface area contributed by atoms with Crippen molar-refractivity contribution in [2.75, 3.05) is 33.0 Å². The second-order valence-electron chi connectivity index (χ2n) is 6.23. The molecule has 2 rings (SSSR count). The lowest BCUT2D eigenvalue weighted by Gasteiger charge is -2.13. The normalized spacial score (nSPS) is 11.9. The van der Waals surface area contributed by atoms with Crippen molar-refractivity contribution in [1.29, 1.82) is 0 Å². The third-order valence-corrected chi connectivity index (χ3v) is 5.98. The molecule has 0 atom stereocenters. The van der Waals surface area contributed by atoms with E-state index in [1.54, 1.807) is 14.2 Å². The van der Waals surface area contributed by atoms with Crippen molar-refractivity contribution in [2.45, 2.75) is 18.2 Å². The fraction of sp³-hybridized carbons (Fsp3) is 0.350. The van der Waals surface area contributed by atoms with Gasteiger partial charge in [0, 0.05) is 20.1 Å². The van der Waals surface area contributed by atoms with E-state index in [-0.39, 0.29) is 17.2 Å². The highest BCUT2D eigenvalue weighted by Crippen LogP contribution is 2.19. The minimum atomic E-state index is -3.70. The lowest BCUT2D eigenvalue weighted by atomic mass is 10.1. The summed E-state index contributed by atoms with van der Waals surface area (Å²) in [5.41, 5.74) is 2.19. The predicted molar refractivity (Wildman–Crippen MR) is 109 cm³/mol. The number of methoxy groups -OCH3 is 1. The van der Waals surface area contributed by atoms with Gasteiger partial charge in [-0.05, 0) is 42.7 Å². The minimum Gasteiger partial charge on any atom is -0.496 e. The third kappa shape index (κ3) is 5.95. The summed E-state index contributed by atoms with van der Waals surface area (Å²) in [5, 5.41) is 6.08. The van der Waals surface area contributed by atoms with Gasteiger partial charge in [0.25, 0.3) is 0 Å². The van der Waals surface area contributed by atoms with Crippen molar-refractivity contribution < 1.29 is 17.5 Å². The lowest BCUT2D eigenvalue weighted by Crippen LogP contribution is -2.40. The SMILES string of the molecule is CN=C(NCCc1ccc(C)c(OC)c1)NCCS(=O)(=O)c1ccccc1F. The van der Waals surface area contributed by atoms with Crippen LogP contribution in [0.3, 0.4) is 0 Å². The zero-order chi connectivity index (χ0) is 20.6. The molecule has 0 aliphatic carbocycles. The molecule has 0 saturated heterocycles. The summed E-state index contributed by atoms with van der Waals surface area (Å²) in [6, 6.07) is 11.4. The molecule has 0 fully saturated rings. The van der Waals surface area contributed by atoms with Crippen LogP contribution in [0.4, 0.5) is 4.39 Å². The predicted octanol–water partition coefficient (Wildman–Crippen LogP) is 2.32. The first-order valence-corrected chi connectivity index (χ1v) is 10.6. The highest BCUT2D eigenvalue weighted by Gasteiger charge is 2.18. The number of aliphatic imine (C=N–C) groups is 1. The average Bonchev–Trinajstić information content (AvgIpc) is 2.68. The van der Waals surface area contributed by atoms with Crippen LogP contribution in [0.25, 0.3) is 0 Å². The van der Waals surface area contributed by atoms with Gasteiger partial charge in [0.2, 0.25) is 0 Å². The topological polar surface area (TPSA) is 79.8 Å². The summed E-state index contributed by atoms with van der Waals surface area (Å²) in [5.74, 6) is 0.365. The Bertz CT molecular complexity index is 930. The Labute approximate surface area is 165 Å². The molecule has 6 nitrogen and oxygen atoms in total. The maximum atomic E-state index is 13.7. The first-order valence-electron chi connectivity index (χ1n) is 8.92. The smallest absolute Gasteiger partial charge is 0.191 e. The van der Waals surface area contributed by atoms with Crippen LogP contribution in [-0.2, 0) is 16.3 Å². The van der Waals surface area contributed by atoms with E-state index in [4.69, 9.17) is 4.74 Å². The molecule has 0 amide bonds. The Morgan fingerprint density at radius 1 is 1.14 bits per heavy atom. The number of hydrogen-bond acceptors (Lipinski definition) is 4. The first kappa shape index (κ1) is 21.7. The molecule has 0 aliphatic heterocycles. The average molecular weight is 408 g/mol. The maximum Gasteiger partial charge on any atom is 0.191 e. The van der Waals surface area contributed by atoms with Crippen molar-refractivity contribution in [3.05, 3.63) is 59.4 Å². The standard InChI is InChI=1S/C20H26FN3O3S/c1-15-8-9-16(14-18(15)27-3)10-11-23-20(22-2)24-12-13-28(25,26)19-7-5-4-6-17(19)21/h4-9,14H,10-13H2,1-3H3,(H2,22,23,24). The molecule has 2 N–H and O–H groups in total. The van der Waals surface area contributed by atoms with Crippen molar-refractivity contribution >= 4 is 15.8 Å². The Morgan fingerprint density at radius 2 is 1.86 bits per heavy atom. The fourth-order valence-electron chi connectivity index (χ4n) is 2.68. The maximum absolute atomic E-state index is 13.7. The van der Waals surface area contributed by atoms with Crippen LogP contribution in [0, 0.1) is 12.7 Å². The number of ether oxygens (including phenoxy) is 1. The summed E-state index contributed by atoms with van der Waals surface area (Å²) in [6.45, 7) is 2.72. The van der Waals surface area contributed by atoms with Crippen molar-refractivity contribution in [3.63, 3.8) is 0 Å². The molecule has 2 aromatic rings. The molecule has 0 bridgehead atoms. The molecule has 28 heavy (non-hydrogen) atoms. The van der Waals surface area contributed by atoms with Crippen molar-refractivity contribution in [2.24, 2.45) is 4.99 Å². The van der Waals surface area contributed by atoms with E-state index in [0.29, 0.717) is 12.5 Å². The van der Waals surface area contributed by atoms with E-state index in [0.717, 1.165) is 29.4 Å². The number of benzene rings is 2. The van der Waals surface area contributed by atoms with Gasteiger partial charge in [0.05, 0.1) is 12.9 Å². The van der Waals surface area contributed by atoms with E-state index in [1.807, 2.05) is 25.1 Å². The Hall–Kier alpha value is -2.61. The molecule has 0 unspecified atom stereocenters. The summed E-state index contributed by atoms with van der Waals surface area (Å²) < 4.78 is 43.5. The van der Waals surface area contributed by atoms with Gasteiger partial charge in [-0.25, -0.2) is 12.8 Å². The second-order valence-corrected chi connectivity index (χ2v) is 8.31. The molecule has 0 saturated carbocycles. The van der Waals surface area contributed by atoms with Crippen molar-refractivity contribution in [3.8, 4) is 5.75 Å². The molecule has 152 valence electrons. The molecule has 0 aliphatic rings. The molecule has 8 heteroatoms. The molecule has 0 aromatic heterocycles. The molecular formula is C20H26FN3O3S. The number of guanidine groups is 1. The lowest BCUT2D eigenvalue weighted by molar-refractivity contribution is 0.411. The second kappa shape index (κ2) is 10.1. The zero-order valence-corrected chi connectivity index (χ0v) is 17.1. The number of rotatable bonds is 8. The molecule has 0 heterocycles. The molecule has 2 aromatic carbocycles. The van der Waals surface area contributed by atoms with Gasteiger partial charge in [-0.3, -0.25) is 4.99 Å².